The molecule has 1 N–H and O–H groups in total. The molecule has 3 fully saturated rings. The van der Waals surface area contributed by atoms with E-state index in [-0.39, 0.29) is 17.7 Å². The van der Waals surface area contributed by atoms with Crippen LogP contribution >= 0.6 is 0 Å². The first-order valence-electron chi connectivity index (χ1n) is 11.8. The number of halogens is 2. The summed E-state index contributed by atoms with van der Waals surface area (Å²) < 4.78 is 28.4. The van der Waals surface area contributed by atoms with E-state index in [1.807, 2.05) is 29.7 Å². The van der Waals surface area contributed by atoms with E-state index in [1.54, 1.807) is 12.3 Å². The van der Waals surface area contributed by atoms with Gasteiger partial charge in [0.15, 0.2) is 5.82 Å². The molecule has 1 aliphatic carbocycles. The molecule has 1 aromatic carbocycles. The number of nitrogens with zero attached hydrogens (tertiary/aromatic N) is 4. The fourth-order valence-corrected chi connectivity index (χ4v) is 6.10. The smallest absolute Gasteiger partial charge is 0.228 e. The molecule has 2 aromatic rings. The second kappa shape index (κ2) is 8.31. The highest BCUT2D eigenvalue weighted by atomic mass is 19.1. The number of hydrogen-bond donors (Lipinski definition) is 1. The Bertz CT molecular complexity index is 1020. The number of carbonyl (C=O) groups is 1. The number of likely N-dealkylation sites (tertiary alicyclic amines) is 1. The SMILES string of the molecule is C[C@@H]1CN(C(=O)[C@H]2CN(c3cccnn3)C[C@@H]2c2ccc(F)cc2F)C[C@H](C)C1(O)C1CC1. The summed E-state index contributed by atoms with van der Waals surface area (Å²) >= 11 is 0. The van der Waals surface area contributed by atoms with Crippen molar-refractivity contribution < 1.29 is 18.7 Å². The van der Waals surface area contributed by atoms with Crippen LogP contribution in [0.25, 0.3) is 0 Å². The Morgan fingerprint density at radius 2 is 1.82 bits per heavy atom. The van der Waals surface area contributed by atoms with E-state index in [9.17, 15) is 18.7 Å². The molecule has 5 rings (SSSR count). The maximum Gasteiger partial charge on any atom is 0.228 e. The maximum absolute atomic E-state index is 14.8. The summed E-state index contributed by atoms with van der Waals surface area (Å²) in [4.78, 5) is 17.6. The molecule has 1 amide bonds. The molecule has 3 heterocycles. The molecule has 1 aromatic heterocycles. The highest BCUT2D eigenvalue weighted by molar-refractivity contribution is 5.82. The van der Waals surface area contributed by atoms with Gasteiger partial charge in [0.1, 0.15) is 11.6 Å². The first-order chi connectivity index (χ1) is 15.8. The number of amides is 1. The first kappa shape index (κ1) is 22.2. The topological polar surface area (TPSA) is 69.6 Å². The molecule has 0 bridgehead atoms. The molecule has 1 saturated carbocycles. The van der Waals surface area contributed by atoms with Crippen LogP contribution in [0.2, 0.25) is 0 Å². The normalized spacial score (nSPS) is 32.3. The van der Waals surface area contributed by atoms with Crippen LogP contribution < -0.4 is 4.90 Å². The second-order valence-corrected chi connectivity index (χ2v) is 10.1. The Hall–Kier alpha value is -2.61. The molecule has 0 radical (unpaired) electrons. The third-order valence-corrected chi connectivity index (χ3v) is 7.99. The molecule has 3 aliphatic rings. The van der Waals surface area contributed by atoms with Crippen LogP contribution in [0.1, 0.15) is 38.2 Å². The van der Waals surface area contributed by atoms with Crippen molar-refractivity contribution in [2.45, 2.75) is 38.2 Å². The van der Waals surface area contributed by atoms with Crippen LogP contribution in [-0.4, -0.2) is 57.9 Å². The predicted molar refractivity (Wildman–Crippen MR) is 119 cm³/mol. The highest BCUT2D eigenvalue weighted by Crippen LogP contribution is 2.50. The summed E-state index contributed by atoms with van der Waals surface area (Å²) in [6, 6.07) is 7.16. The number of piperidine rings is 1. The summed E-state index contributed by atoms with van der Waals surface area (Å²) in [5.74, 6) is -1.38. The van der Waals surface area contributed by atoms with Crippen molar-refractivity contribution in [2.75, 3.05) is 31.1 Å². The van der Waals surface area contributed by atoms with Crippen molar-refractivity contribution in [2.24, 2.45) is 23.7 Å². The number of hydrogen-bond acceptors (Lipinski definition) is 5. The molecule has 8 heteroatoms. The Labute approximate surface area is 192 Å². The van der Waals surface area contributed by atoms with Gasteiger partial charge < -0.3 is 14.9 Å². The van der Waals surface area contributed by atoms with Crippen molar-refractivity contribution in [3.63, 3.8) is 0 Å². The number of rotatable bonds is 4. The lowest BCUT2D eigenvalue weighted by Crippen LogP contribution is -2.59. The van der Waals surface area contributed by atoms with Gasteiger partial charge in [-0.2, -0.15) is 5.10 Å². The number of anilines is 1. The maximum atomic E-state index is 14.8. The molecular formula is C25H30F2N4O2. The monoisotopic (exact) mass is 456 g/mol. The van der Waals surface area contributed by atoms with Gasteiger partial charge in [0.05, 0.1) is 11.5 Å². The van der Waals surface area contributed by atoms with E-state index >= 15 is 0 Å². The average molecular weight is 457 g/mol. The van der Waals surface area contributed by atoms with Gasteiger partial charge in [-0.05, 0) is 42.5 Å². The Kier molecular flexibility index (Phi) is 5.59. The van der Waals surface area contributed by atoms with E-state index < -0.39 is 29.1 Å². The molecule has 2 aliphatic heterocycles. The fourth-order valence-electron chi connectivity index (χ4n) is 6.10. The lowest BCUT2D eigenvalue weighted by molar-refractivity contribution is -0.154. The second-order valence-electron chi connectivity index (χ2n) is 10.1. The van der Waals surface area contributed by atoms with Crippen LogP contribution in [0.5, 0.6) is 0 Å². The molecule has 33 heavy (non-hydrogen) atoms. The first-order valence-corrected chi connectivity index (χ1v) is 11.8. The zero-order valence-electron chi connectivity index (χ0n) is 19.0. The summed E-state index contributed by atoms with van der Waals surface area (Å²) in [6.45, 7) is 5.78. The Balaban J connectivity index is 1.43. The molecule has 176 valence electrons. The van der Waals surface area contributed by atoms with Gasteiger partial charge in [-0.15, -0.1) is 5.10 Å². The van der Waals surface area contributed by atoms with Crippen LogP contribution in [0, 0.1) is 35.3 Å². The minimum atomic E-state index is -0.736. The van der Waals surface area contributed by atoms with E-state index in [1.165, 1.54) is 12.1 Å². The molecule has 2 saturated heterocycles. The number of aliphatic hydroxyl groups is 1. The zero-order chi connectivity index (χ0) is 23.3. The molecule has 5 atom stereocenters. The zero-order valence-corrected chi connectivity index (χ0v) is 19.0. The lowest BCUT2D eigenvalue weighted by Gasteiger charge is -2.49. The largest absolute Gasteiger partial charge is 0.389 e. The van der Waals surface area contributed by atoms with Gasteiger partial charge in [-0.25, -0.2) is 8.78 Å². The van der Waals surface area contributed by atoms with Crippen molar-refractivity contribution in [3.8, 4) is 0 Å². The quantitative estimate of drug-likeness (QED) is 0.765. The summed E-state index contributed by atoms with van der Waals surface area (Å²) in [5.41, 5.74) is -0.394. The van der Waals surface area contributed by atoms with E-state index in [0.717, 1.165) is 18.9 Å². The van der Waals surface area contributed by atoms with Gasteiger partial charge in [0.25, 0.3) is 0 Å². The number of benzene rings is 1. The summed E-state index contributed by atoms with van der Waals surface area (Å²) in [5, 5.41) is 19.5. The van der Waals surface area contributed by atoms with Gasteiger partial charge >= 0.3 is 0 Å². The highest BCUT2D eigenvalue weighted by Gasteiger charge is 2.55. The van der Waals surface area contributed by atoms with Crippen molar-refractivity contribution in [1.29, 1.82) is 0 Å². The van der Waals surface area contributed by atoms with Gasteiger partial charge in [-0.1, -0.05) is 19.9 Å². The summed E-state index contributed by atoms with van der Waals surface area (Å²) in [7, 11) is 0. The average Bonchev–Trinajstić information content (AvgIpc) is 3.57. The lowest BCUT2D eigenvalue weighted by atomic mass is 9.71. The van der Waals surface area contributed by atoms with Crippen LogP contribution in [0.4, 0.5) is 14.6 Å². The molecule has 1 unspecified atom stereocenters. The Morgan fingerprint density at radius 1 is 1.09 bits per heavy atom. The molecular weight excluding hydrogens is 426 g/mol. The number of carbonyl (C=O) groups excluding carboxylic acids is 1. The van der Waals surface area contributed by atoms with Crippen molar-refractivity contribution in [3.05, 3.63) is 53.7 Å². The van der Waals surface area contributed by atoms with E-state index in [0.29, 0.717) is 43.5 Å². The minimum Gasteiger partial charge on any atom is -0.389 e. The van der Waals surface area contributed by atoms with Crippen LogP contribution in [0.15, 0.2) is 36.5 Å². The molecule has 6 nitrogen and oxygen atoms in total. The Morgan fingerprint density at radius 3 is 2.42 bits per heavy atom. The third-order valence-electron chi connectivity index (χ3n) is 7.99. The predicted octanol–water partition coefficient (Wildman–Crippen LogP) is 3.23. The van der Waals surface area contributed by atoms with Gasteiger partial charge in [0.2, 0.25) is 5.91 Å². The van der Waals surface area contributed by atoms with E-state index in [4.69, 9.17) is 0 Å². The van der Waals surface area contributed by atoms with Crippen molar-refractivity contribution >= 4 is 11.7 Å². The summed E-state index contributed by atoms with van der Waals surface area (Å²) in [6.07, 6.45) is 3.67. The minimum absolute atomic E-state index is 0.0313. The van der Waals surface area contributed by atoms with Gasteiger partial charge in [-0.3, -0.25) is 4.79 Å². The molecule has 0 spiro atoms. The third kappa shape index (κ3) is 3.88. The standard InChI is InChI=1S/C25H30F2N4O2/c1-15-11-31(12-16(2)25(15,33)17-5-6-17)24(32)21-14-30(23-4-3-9-28-29-23)13-20(21)19-8-7-18(26)10-22(19)27/h3-4,7-10,15-17,20-21,33H,5-6,11-14H2,1-2H3/t15-,16+,20-,21+,25?/m1/s1. The number of aromatic nitrogens is 2. The van der Waals surface area contributed by atoms with Crippen molar-refractivity contribution in [1.82, 2.24) is 15.1 Å². The van der Waals surface area contributed by atoms with Crippen LogP contribution in [-0.2, 0) is 4.79 Å². The van der Waals surface area contributed by atoms with Gasteiger partial charge in [0, 0.05) is 56.2 Å². The van der Waals surface area contributed by atoms with Crippen LogP contribution in [0.3, 0.4) is 0 Å². The van der Waals surface area contributed by atoms with E-state index in [2.05, 4.69) is 10.2 Å². The fraction of sp³-hybridized carbons (Fsp3) is 0.560.